The molecule has 6 nitrogen and oxygen atoms in total. The summed E-state index contributed by atoms with van der Waals surface area (Å²) in [7, 11) is -3.61. The van der Waals surface area contributed by atoms with Crippen molar-refractivity contribution in [1.82, 2.24) is 9.29 Å². The van der Waals surface area contributed by atoms with Gasteiger partial charge in [0, 0.05) is 13.1 Å². The number of rotatable bonds is 3. The van der Waals surface area contributed by atoms with Gasteiger partial charge in [0.05, 0.1) is 32.3 Å². The first-order valence-electron chi connectivity index (χ1n) is 7.55. The predicted octanol–water partition coefficient (Wildman–Crippen LogP) is 1.50. The summed E-state index contributed by atoms with van der Waals surface area (Å²) < 4.78 is 28.0. The molecule has 0 amide bonds. The van der Waals surface area contributed by atoms with Crippen LogP contribution in [0.3, 0.4) is 0 Å². The van der Waals surface area contributed by atoms with Gasteiger partial charge in [0.1, 0.15) is 0 Å². The molecule has 1 aliphatic rings. The summed E-state index contributed by atoms with van der Waals surface area (Å²) in [5, 5.41) is 20.4. The molecule has 23 heavy (non-hydrogen) atoms. The van der Waals surface area contributed by atoms with E-state index >= 15 is 0 Å². The maximum atomic E-state index is 12.9. The number of aromatic nitrogens is 1. The van der Waals surface area contributed by atoms with Crippen molar-refractivity contribution in [3.8, 4) is 0 Å². The molecule has 0 radical (unpaired) electrons. The van der Waals surface area contributed by atoms with E-state index in [0.29, 0.717) is 19.4 Å². The fraction of sp³-hybridized carbons (Fsp3) is 0.533. The van der Waals surface area contributed by atoms with Gasteiger partial charge in [0.15, 0.2) is 0 Å². The highest BCUT2D eigenvalue weighted by molar-refractivity contribution is 7.89. The Labute approximate surface area is 139 Å². The zero-order valence-corrected chi connectivity index (χ0v) is 14.5. The maximum Gasteiger partial charge on any atom is 0.243 e. The number of benzene rings is 1. The smallest absolute Gasteiger partial charge is 0.243 e. The Morgan fingerprint density at radius 2 is 2.13 bits per heavy atom. The van der Waals surface area contributed by atoms with Crippen molar-refractivity contribution in [3.05, 3.63) is 23.2 Å². The average molecular weight is 356 g/mol. The van der Waals surface area contributed by atoms with Crippen molar-refractivity contribution in [2.45, 2.75) is 36.7 Å². The van der Waals surface area contributed by atoms with E-state index in [1.165, 1.54) is 15.6 Å². The number of aryl methyl sites for hydroxylation is 1. The lowest BCUT2D eigenvalue weighted by Crippen LogP contribution is -2.36. The maximum absolute atomic E-state index is 12.9. The van der Waals surface area contributed by atoms with Crippen LogP contribution >= 0.6 is 11.3 Å². The minimum Gasteiger partial charge on any atom is -0.393 e. The molecule has 2 aromatic rings. The largest absolute Gasteiger partial charge is 0.393 e. The molecule has 1 fully saturated rings. The summed E-state index contributed by atoms with van der Waals surface area (Å²) in [6.45, 7) is 2.11. The van der Waals surface area contributed by atoms with Gasteiger partial charge < -0.3 is 10.2 Å². The van der Waals surface area contributed by atoms with Crippen LogP contribution in [0.4, 0.5) is 0 Å². The van der Waals surface area contributed by atoms with Crippen LogP contribution in [0.25, 0.3) is 10.2 Å². The summed E-state index contributed by atoms with van der Waals surface area (Å²) in [6, 6.07) is 4.98. The second kappa shape index (κ2) is 6.10. The van der Waals surface area contributed by atoms with Crippen molar-refractivity contribution >= 4 is 31.6 Å². The van der Waals surface area contributed by atoms with Crippen LogP contribution in [0.5, 0.6) is 0 Å². The molecule has 0 aliphatic carbocycles. The van der Waals surface area contributed by atoms with Crippen LogP contribution in [-0.4, -0.2) is 53.2 Å². The first kappa shape index (κ1) is 16.8. The van der Waals surface area contributed by atoms with E-state index in [1.54, 1.807) is 18.2 Å². The predicted molar refractivity (Wildman–Crippen MR) is 89.0 cm³/mol. The summed E-state index contributed by atoms with van der Waals surface area (Å²) in [6.07, 6.45) is 1.17. The Hall–Kier alpha value is -1.06. The van der Waals surface area contributed by atoms with Crippen molar-refractivity contribution in [2.75, 3.05) is 19.7 Å². The van der Waals surface area contributed by atoms with Crippen LogP contribution < -0.4 is 0 Å². The van der Waals surface area contributed by atoms with Gasteiger partial charge in [-0.1, -0.05) is 0 Å². The minimum absolute atomic E-state index is 0.207. The summed E-state index contributed by atoms with van der Waals surface area (Å²) in [5.41, 5.74) is -0.375. The number of nitrogens with zero attached hydrogens (tertiary/aromatic N) is 2. The van der Waals surface area contributed by atoms with Gasteiger partial charge in [-0.2, -0.15) is 4.31 Å². The second-order valence-corrected chi connectivity index (χ2v) is 9.18. The lowest BCUT2D eigenvalue weighted by Gasteiger charge is -2.24. The van der Waals surface area contributed by atoms with Crippen molar-refractivity contribution in [3.63, 3.8) is 0 Å². The highest BCUT2D eigenvalue weighted by atomic mass is 32.2. The lowest BCUT2D eigenvalue weighted by molar-refractivity contribution is -0.0244. The molecule has 1 aliphatic heterocycles. The first-order valence-corrected chi connectivity index (χ1v) is 9.80. The molecule has 3 rings (SSSR count). The Morgan fingerprint density at radius 3 is 2.87 bits per heavy atom. The summed E-state index contributed by atoms with van der Waals surface area (Å²) in [5.74, 6) is 0. The third-order valence-electron chi connectivity index (χ3n) is 4.28. The number of aliphatic hydroxyl groups is 2. The normalized spacial score (nSPS) is 24.0. The second-order valence-electron chi connectivity index (χ2n) is 6.00. The molecule has 0 saturated carbocycles. The van der Waals surface area contributed by atoms with E-state index in [-0.39, 0.29) is 24.5 Å². The summed E-state index contributed by atoms with van der Waals surface area (Å²) >= 11 is 1.47. The Bertz CT molecular complexity index is 818. The molecule has 0 spiro atoms. The molecule has 1 aromatic heterocycles. The third kappa shape index (κ3) is 3.27. The molecule has 126 valence electrons. The molecule has 1 aromatic carbocycles. The van der Waals surface area contributed by atoms with E-state index in [0.717, 1.165) is 15.2 Å². The number of sulfonamides is 1. The molecule has 0 unspecified atom stereocenters. The highest BCUT2D eigenvalue weighted by Gasteiger charge is 2.34. The lowest BCUT2D eigenvalue weighted by atomic mass is 9.96. The number of thiazole rings is 1. The van der Waals surface area contributed by atoms with Gasteiger partial charge in [0.25, 0.3) is 0 Å². The quantitative estimate of drug-likeness (QED) is 0.870. The SMILES string of the molecule is Cc1nc2ccc(S(=O)(=O)N3CCC[C@](O)(CO)CC3)cc2s1. The van der Waals surface area contributed by atoms with Crippen LogP contribution in [0.2, 0.25) is 0 Å². The summed E-state index contributed by atoms with van der Waals surface area (Å²) in [4.78, 5) is 4.60. The fourth-order valence-corrected chi connectivity index (χ4v) is 5.33. The molecule has 0 bridgehead atoms. The van der Waals surface area contributed by atoms with E-state index in [9.17, 15) is 18.6 Å². The highest BCUT2D eigenvalue weighted by Crippen LogP contribution is 2.29. The van der Waals surface area contributed by atoms with E-state index in [2.05, 4.69) is 4.98 Å². The number of hydrogen-bond donors (Lipinski definition) is 2. The van der Waals surface area contributed by atoms with E-state index in [1.807, 2.05) is 6.92 Å². The number of aliphatic hydroxyl groups excluding tert-OH is 1. The molecule has 1 atom stereocenters. The van der Waals surface area contributed by atoms with Gasteiger partial charge in [-0.15, -0.1) is 11.3 Å². The molecule has 2 heterocycles. The zero-order valence-electron chi connectivity index (χ0n) is 12.9. The van der Waals surface area contributed by atoms with Crippen LogP contribution in [-0.2, 0) is 10.0 Å². The molecular weight excluding hydrogens is 336 g/mol. The van der Waals surface area contributed by atoms with E-state index in [4.69, 9.17) is 0 Å². The zero-order chi connectivity index (χ0) is 16.7. The molecule has 1 saturated heterocycles. The first-order chi connectivity index (χ1) is 10.8. The van der Waals surface area contributed by atoms with Gasteiger partial charge in [-0.25, -0.2) is 13.4 Å². The Balaban J connectivity index is 1.90. The molecule has 2 N–H and O–H groups in total. The average Bonchev–Trinajstić information content (AvgIpc) is 2.76. The molecule has 8 heteroatoms. The van der Waals surface area contributed by atoms with E-state index < -0.39 is 15.6 Å². The number of hydrogen-bond acceptors (Lipinski definition) is 6. The minimum atomic E-state index is -3.61. The molecular formula is C15H20N2O4S2. The third-order valence-corrected chi connectivity index (χ3v) is 7.10. The van der Waals surface area contributed by atoms with Crippen LogP contribution in [0.1, 0.15) is 24.3 Å². The fourth-order valence-electron chi connectivity index (χ4n) is 2.88. The number of fused-ring (bicyclic) bond motifs is 1. The van der Waals surface area contributed by atoms with Gasteiger partial charge in [0.2, 0.25) is 10.0 Å². The Kier molecular flexibility index (Phi) is 4.45. The monoisotopic (exact) mass is 356 g/mol. The van der Waals surface area contributed by atoms with Gasteiger partial charge >= 0.3 is 0 Å². The van der Waals surface area contributed by atoms with Gasteiger partial charge in [-0.3, -0.25) is 0 Å². The van der Waals surface area contributed by atoms with Gasteiger partial charge in [-0.05, 0) is 44.4 Å². The van der Waals surface area contributed by atoms with Crippen LogP contribution in [0.15, 0.2) is 23.1 Å². The topological polar surface area (TPSA) is 90.7 Å². The van der Waals surface area contributed by atoms with Crippen LogP contribution in [0, 0.1) is 6.92 Å². The standard InChI is InChI=1S/C15H20N2O4S2/c1-11-16-13-4-3-12(9-14(13)22-11)23(20,21)17-7-2-5-15(19,10-18)6-8-17/h3-4,9,18-19H,2,5-8,10H2,1H3/t15-/m1/s1. The van der Waals surface area contributed by atoms with Crippen molar-refractivity contribution < 1.29 is 18.6 Å². The van der Waals surface area contributed by atoms with Crippen molar-refractivity contribution in [2.24, 2.45) is 0 Å². The van der Waals surface area contributed by atoms with Crippen molar-refractivity contribution in [1.29, 1.82) is 0 Å². The Morgan fingerprint density at radius 1 is 1.35 bits per heavy atom.